The maximum absolute atomic E-state index is 13.3. The van der Waals surface area contributed by atoms with E-state index in [1.54, 1.807) is 25.1 Å². The molecule has 0 radical (unpaired) electrons. The number of carbonyl (C=O) groups is 2. The molecule has 1 aliphatic heterocycles. The van der Waals surface area contributed by atoms with Crippen LogP contribution in [0.1, 0.15) is 39.9 Å². The van der Waals surface area contributed by atoms with Crippen molar-refractivity contribution in [3.63, 3.8) is 0 Å². The first-order valence-corrected chi connectivity index (χ1v) is 8.43. The molecule has 25 heavy (non-hydrogen) atoms. The molecule has 1 fully saturated rings. The molecule has 3 rings (SSSR count). The molecule has 1 N–H and O–H groups in total. The van der Waals surface area contributed by atoms with Crippen LogP contribution in [0.3, 0.4) is 0 Å². The smallest absolute Gasteiger partial charge is 0.251 e. The highest BCUT2D eigenvalue weighted by molar-refractivity contribution is 5.94. The zero-order chi connectivity index (χ0) is 17.8. The molecule has 0 bridgehead atoms. The first-order chi connectivity index (χ1) is 12.0. The number of hydrogen-bond donors (Lipinski definition) is 1. The predicted molar refractivity (Wildman–Crippen MR) is 93.4 cm³/mol. The Bertz CT molecular complexity index is 804. The molecule has 2 aromatic carbocycles. The number of hydrogen-bond acceptors (Lipinski definition) is 2. The Morgan fingerprint density at radius 2 is 2.04 bits per heavy atom. The number of amides is 2. The van der Waals surface area contributed by atoms with Crippen molar-refractivity contribution in [3.05, 3.63) is 70.5 Å². The molecule has 0 aromatic heterocycles. The molecule has 2 amide bonds. The van der Waals surface area contributed by atoms with Crippen LogP contribution in [0.4, 0.5) is 4.39 Å². The van der Waals surface area contributed by atoms with Crippen molar-refractivity contribution in [1.82, 2.24) is 10.2 Å². The van der Waals surface area contributed by atoms with Crippen LogP contribution in [-0.2, 0) is 17.9 Å². The van der Waals surface area contributed by atoms with Gasteiger partial charge in [-0.05, 0) is 48.2 Å². The Hall–Kier alpha value is -2.69. The zero-order valence-electron chi connectivity index (χ0n) is 14.2. The van der Waals surface area contributed by atoms with E-state index < -0.39 is 0 Å². The fraction of sp³-hybridized carbons (Fsp3) is 0.300. The second-order valence-electron chi connectivity index (χ2n) is 6.39. The monoisotopic (exact) mass is 340 g/mol. The molecule has 130 valence electrons. The summed E-state index contributed by atoms with van der Waals surface area (Å²) in [5.74, 6) is -0.266. The van der Waals surface area contributed by atoms with Crippen LogP contribution in [0, 0.1) is 12.7 Å². The van der Waals surface area contributed by atoms with Gasteiger partial charge in [0.2, 0.25) is 5.91 Å². The highest BCUT2D eigenvalue weighted by atomic mass is 19.1. The van der Waals surface area contributed by atoms with Crippen molar-refractivity contribution in [3.8, 4) is 0 Å². The Balaban J connectivity index is 1.62. The minimum atomic E-state index is -0.251. The van der Waals surface area contributed by atoms with E-state index in [-0.39, 0.29) is 17.6 Å². The molecular weight excluding hydrogens is 319 g/mol. The first-order valence-electron chi connectivity index (χ1n) is 8.43. The molecule has 0 aliphatic carbocycles. The zero-order valence-corrected chi connectivity index (χ0v) is 14.2. The lowest BCUT2D eigenvalue weighted by atomic mass is 10.1. The summed E-state index contributed by atoms with van der Waals surface area (Å²) in [6, 6.07) is 12.1. The number of likely N-dealkylation sites (tertiary alicyclic amines) is 1. The van der Waals surface area contributed by atoms with E-state index in [0.717, 1.165) is 24.1 Å². The van der Waals surface area contributed by atoms with E-state index in [4.69, 9.17) is 0 Å². The quantitative estimate of drug-likeness (QED) is 0.909. The van der Waals surface area contributed by atoms with Gasteiger partial charge in [-0.1, -0.05) is 24.3 Å². The van der Waals surface area contributed by atoms with Crippen molar-refractivity contribution >= 4 is 11.8 Å². The van der Waals surface area contributed by atoms with Crippen molar-refractivity contribution in [2.45, 2.75) is 32.9 Å². The second-order valence-corrected chi connectivity index (χ2v) is 6.39. The molecule has 2 aromatic rings. The van der Waals surface area contributed by atoms with Gasteiger partial charge in [0.15, 0.2) is 0 Å². The Labute approximate surface area is 146 Å². The van der Waals surface area contributed by atoms with Crippen LogP contribution in [0.15, 0.2) is 42.5 Å². The molecule has 5 heteroatoms. The van der Waals surface area contributed by atoms with Crippen molar-refractivity contribution in [1.29, 1.82) is 0 Å². The molecule has 1 aliphatic rings. The van der Waals surface area contributed by atoms with Crippen LogP contribution in [0.25, 0.3) is 0 Å². The van der Waals surface area contributed by atoms with Gasteiger partial charge in [0, 0.05) is 31.6 Å². The minimum absolute atomic E-state index is 0.168. The molecule has 1 heterocycles. The number of rotatable bonds is 5. The number of halogens is 1. The maximum Gasteiger partial charge on any atom is 0.251 e. The van der Waals surface area contributed by atoms with Crippen LogP contribution in [0.5, 0.6) is 0 Å². The summed E-state index contributed by atoms with van der Waals surface area (Å²) in [6.07, 6.45) is 1.51. The van der Waals surface area contributed by atoms with E-state index >= 15 is 0 Å². The molecule has 0 atom stereocenters. The van der Waals surface area contributed by atoms with E-state index in [9.17, 15) is 14.0 Å². The average molecular weight is 340 g/mol. The molecule has 4 nitrogen and oxygen atoms in total. The third-order valence-corrected chi connectivity index (χ3v) is 4.41. The Kier molecular flexibility index (Phi) is 5.12. The largest absolute Gasteiger partial charge is 0.348 e. The van der Waals surface area contributed by atoms with E-state index in [1.807, 2.05) is 23.1 Å². The number of aryl methyl sites for hydroxylation is 1. The molecule has 0 spiro atoms. The average Bonchev–Trinajstić information content (AvgIpc) is 3.01. The van der Waals surface area contributed by atoms with Crippen LogP contribution >= 0.6 is 0 Å². The second kappa shape index (κ2) is 7.47. The third-order valence-electron chi connectivity index (χ3n) is 4.41. The summed E-state index contributed by atoms with van der Waals surface area (Å²) < 4.78 is 13.3. The molecule has 0 saturated carbocycles. The number of nitrogens with zero attached hydrogens (tertiary/aromatic N) is 1. The topological polar surface area (TPSA) is 49.4 Å². The normalized spacial score (nSPS) is 14.0. The lowest BCUT2D eigenvalue weighted by Crippen LogP contribution is -2.25. The summed E-state index contributed by atoms with van der Waals surface area (Å²) in [4.78, 5) is 25.9. The summed E-state index contributed by atoms with van der Waals surface area (Å²) in [5.41, 5.74) is 2.92. The van der Waals surface area contributed by atoms with E-state index in [1.165, 1.54) is 6.07 Å². The Morgan fingerprint density at radius 3 is 2.76 bits per heavy atom. The van der Waals surface area contributed by atoms with Gasteiger partial charge in [-0.25, -0.2) is 4.39 Å². The van der Waals surface area contributed by atoms with Crippen LogP contribution < -0.4 is 5.32 Å². The molecular formula is C20H21FN2O2. The van der Waals surface area contributed by atoms with Gasteiger partial charge in [-0.2, -0.15) is 0 Å². The van der Waals surface area contributed by atoms with E-state index in [2.05, 4.69) is 5.32 Å². The Morgan fingerprint density at radius 1 is 1.20 bits per heavy atom. The van der Waals surface area contributed by atoms with E-state index in [0.29, 0.717) is 30.6 Å². The molecule has 1 saturated heterocycles. The predicted octanol–water partition coefficient (Wildman–Crippen LogP) is 3.19. The van der Waals surface area contributed by atoms with Crippen molar-refractivity contribution in [2.24, 2.45) is 0 Å². The highest BCUT2D eigenvalue weighted by Gasteiger charge is 2.20. The summed E-state index contributed by atoms with van der Waals surface area (Å²) in [7, 11) is 0. The number of benzene rings is 2. The summed E-state index contributed by atoms with van der Waals surface area (Å²) in [6.45, 7) is 3.36. The fourth-order valence-electron chi connectivity index (χ4n) is 3.00. The van der Waals surface area contributed by atoms with Gasteiger partial charge in [0.1, 0.15) is 5.82 Å². The lowest BCUT2D eigenvalue weighted by molar-refractivity contribution is -0.128. The van der Waals surface area contributed by atoms with Crippen molar-refractivity contribution < 1.29 is 14.0 Å². The minimum Gasteiger partial charge on any atom is -0.348 e. The summed E-state index contributed by atoms with van der Waals surface area (Å²) in [5, 5.41) is 2.85. The standard InChI is InChI=1S/C20H21FN2O2/c1-14-10-15(7-8-18(14)21)12-22-20(25)17-5-2-4-16(11-17)13-23-9-3-6-19(23)24/h2,4-5,7-8,10-11H,3,6,9,12-13H2,1H3,(H,22,25). The van der Waals surface area contributed by atoms with Gasteiger partial charge >= 0.3 is 0 Å². The van der Waals surface area contributed by atoms with Gasteiger partial charge in [0.05, 0.1) is 0 Å². The summed E-state index contributed by atoms with van der Waals surface area (Å²) >= 11 is 0. The number of carbonyl (C=O) groups excluding carboxylic acids is 2. The SMILES string of the molecule is Cc1cc(CNC(=O)c2cccc(CN3CCCC3=O)c2)ccc1F. The molecule has 0 unspecified atom stereocenters. The van der Waals surface area contributed by atoms with Gasteiger partial charge in [-0.3, -0.25) is 9.59 Å². The number of nitrogens with one attached hydrogen (secondary N) is 1. The van der Waals surface area contributed by atoms with Crippen LogP contribution in [0.2, 0.25) is 0 Å². The van der Waals surface area contributed by atoms with Gasteiger partial charge in [0.25, 0.3) is 5.91 Å². The third kappa shape index (κ3) is 4.24. The highest BCUT2D eigenvalue weighted by Crippen LogP contribution is 2.15. The van der Waals surface area contributed by atoms with Crippen LogP contribution in [-0.4, -0.2) is 23.3 Å². The maximum atomic E-state index is 13.3. The fourth-order valence-corrected chi connectivity index (χ4v) is 3.00. The first kappa shape index (κ1) is 17.1. The van der Waals surface area contributed by atoms with Crippen molar-refractivity contribution in [2.75, 3.05) is 6.54 Å². The lowest BCUT2D eigenvalue weighted by Gasteiger charge is -2.16. The van der Waals surface area contributed by atoms with Gasteiger partial charge in [-0.15, -0.1) is 0 Å². The van der Waals surface area contributed by atoms with Gasteiger partial charge < -0.3 is 10.2 Å².